The zero-order valence-electron chi connectivity index (χ0n) is 10.9. The van der Waals surface area contributed by atoms with Crippen LogP contribution < -0.4 is 0 Å². The number of carboxylic acid groups (broad SMARTS) is 1. The molecule has 0 aromatic heterocycles. The van der Waals surface area contributed by atoms with E-state index in [0.29, 0.717) is 12.0 Å². The van der Waals surface area contributed by atoms with Crippen LogP contribution in [0.3, 0.4) is 0 Å². The molecule has 0 spiro atoms. The zero-order chi connectivity index (χ0) is 13.5. The van der Waals surface area contributed by atoms with Gasteiger partial charge in [0.25, 0.3) is 0 Å². The highest BCUT2D eigenvalue weighted by Crippen LogP contribution is 2.57. The van der Waals surface area contributed by atoms with Gasteiger partial charge in [-0.25, -0.2) is 4.79 Å². The van der Waals surface area contributed by atoms with Gasteiger partial charge in [-0.05, 0) is 27.2 Å². The standard InChI is InChI=1S/C11H21O5P/c1-5-8-9(4)10(11(12)13)17(14,15-6-2)16-7-3/h5-8H2,1-4H3,(H,12,13). The van der Waals surface area contributed by atoms with E-state index in [1.165, 1.54) is 0 Å². The van der Waals surface area contributed by atoms with E-state index in [1.807, 2.05) is 6.92 Å². The lowest BCUT2D eigenvalue weighted by molar-refractivity contribution is -0.132. The van der Waals surface area contributed by atoms with Crippen LogP contribution in [0, 0.1) is 0 Å². The highest BCUT2D eigenvalue weighted by Gasteiger charge is 2.36. The van der Waals surface area contributed by atoms with E-state index in [0.717, 1.165) is 6.42 Å². The quantitative estimate of drug-likeness (QED) is 0.537. The molecule has 0 saturated heterocycles. The molecule has 0 rings (SSSR count). The molecule has 0 atom stereocenters. The number of hydrogen-bond acceptors (Lipinski definition) is 4. The SMILES string of the molecule is CCCC(C)=C(C(=O)O)P(=O)(OCC)OCC. The summed E-state index contributed by atoms with van der Waals surface area (Å²) in [4.78, 5) is 11.2. The fraction of sp³-hybridized carbons (Fsp3) is 0.727. The molecule has 0 bridgehead atoms. The number of aliphatic carboxylic acids is 1. The summed E-state index contributed by atoms with van der Waals surface area (Å²) >= 11 is 0. The molecule has 5 nitrogen and oxygen atoms in total. The van der Waals surface area contributed by atoms with Crippen LogP contribution in [0.15, 0.2) is 10.9 Å². The van der Waals surface area contributed by atoms with Gasteiger partial charge in [0.2, 0.25) is 0 Å². The highest BCUT2D eigenvalue weighted by atomic mass is 31.2. The van der Waals surface area contributed by atoms with Gasteiger partial charge in [-0.2, -0.15) is 0 Å². The van der Waals surface area contributed by atoms with Crippen LogP contribution in [0.2, 0.25) is 0 Å². The number of rotatable bonds is 8. The Kier molecular flexibility index (Phi) is 7.35. The Morgan fingerprint density at radius 3 is 1.94 bits per heavy atom. The number of hydrogen-bond donors (Lipinski definition) is 1. The summed E-state index contributed by atoms with van der Waals surface area (Å²) in [6, 6.07) is 0. The van der Waals surface area contributed by atoms with E-state index in [2.05, 4.69) is 0 Å². The minimum atomic E-state index is -3.69. The van der Waals surface area contributed by atoms with Crippen molar-refractivity contribution in [1.82, 2.24) is 0 Å². The van der Waals surface area contributed by atoms with Gasteiger partial charge in [-0.3, -0.25) is 4.57 Å². The Morgan fingerprint density at radius 1 is 1.18 bits per heavy atom. The van der Waals surface area contributed by atoms with Crippen LogP contribution in [-0.2, 0) is 18.4 Å². The van der Waals surface area contributed by atoms with Crippen LogP contribution in [-0.4, -0.2) is 24.3 Å². The molecule has 0 amide bonds. The number of carboxylic acids is 1. The molecule has 100 valence electrons. The fourth-order valence-electron chi connectivity index (χ4n) is 1.53. The molecule has 0 aromatic rings. The van der Waals surface area contributed by atoms with Crippen molar-refractivity contribution in [2.24, 2.45) is 0 Å². The fourth-order valence-corrected chi connectivity index (χ4v) is 3.36. The minimum Gasteiger partial charge on any atom is -0.477 e. The Labute approximate surface area is 102 Å². The third kappa shape index (κ3) is 4.62. The predicted molar refractivity (Wildman–Crippen MR) is 66.1 cm³/mol. The average molecular weight is 264 g/mol. The molecule has 0 aliphatic rings. The van der Waals surface area contributed by atoms with Gasteiger partial charge in [0.1, 0.15) is 5.31 Å². The second kappa shape index (κ2) is 7.64. The second-order valence-electron chi connectivity index (χ2n) is 3.52. The highest BCUT2D eigenvalue weighted by molar-refractivity contribution is 7.60. The summed E-state index contributed by atoms with van der Waals surface area (Å²) in [6.07, 6.45) is 1.34. The van der Waals surface area contributed by atoms with E-state index in [-0.39, 0.29) is 18.5 Å². The topological polar surface area (TPSA) is 72.8 Å². The molecule has 1 N–H and O–H groups in total. The zero-order valence-corrected chi connectivity index (χ0v) is 11.8. The van der Waals surface area contributed by atoms with Gasteiger partial charge in [0.05, 0.1) is 13.2 Å². The van der Waals surface area contributed by atoms with E-state index in [4.69, 9.17) is 14.2 Å². The molecule has 0 aliphatic heterocycles. The first-order chi connectivity index (χ1) is 7.92. The van der Waals surface area contributed by atoms with Crippen molar-refractivity contribution in [2.45, 2.75) is 40.5 Å². The van der Waals surface area contributed by atoms with E-state index >= 15 is 0 Å². The summed E-state index contributed by atoms with van der Waals surface area (Å²) in [5.41, 5.74) is 0.547. The van der Waals surface area contributed by atoms with Gasteiger partial charge in [0.15, 0.2) is 0 Å². The van der Waals surface area contributed by atoms with Crippen molar-refractivity contribution in [2.75, 3.05) is 13.2 Å². The summed E-state index contributed by atoms with van der Waals surface area (Å²) in [5.74, 6) is -1.24. The molecule has 0 aromatic carbocycles. The van der Waals surface area contributed by atoms with Crippen molar-refractivity contribution in [3.63, 3.8) is 0 Å². The smallest absolute Gasteiger partial charge is 0.368 e. The third-order valence-electron chi connectivity index (χ3n) is 2.10. The van der Waals surface area contributed by atoms with Crippen molar-refractivity contribution in [3.05, 3.63) is 10.9 Å². The summed E-state index contributed by atoms with van der Waals surface area (Å²) in [7, 11) is -3.69. The molecular weight excluding hydrogens is 243 g/mol. The summed E-state index contributed by atoms with van der Waals surface area (Å²) < 4.78 is 22.5. The maximum absolute atomic E-state index is 12.4. The van der Waals surface area contributed by atoms with Crippen LogP contribution in [0.25, 0.3) is 0 Å². The molecule has 6 heteroatoms. The maximum Gasteiger partial charge on any atom is 0.368 e. The van der Waals surface area contributed by atoms with Gasteiger partial charge in [0, 0.05) is 0 Å². The first-order valence-electron chi connectivity index (χ1n) is 5.75. The molecule has 0 heterocycles. The van der Waals surface area contributed by atoms with Crippen LogP contribution >= 0.6 is 7.60 Å². The lowest BCUT2D eigenvalue weighted by Crippen LogP contribution is -2.09. The number of carbonyl (C=O) groups is 1. The van der Waals surface area contributed by atoms with Gasteiger partial charge in [-0.1, -0.05) is 18.9 Å². The molecule has 0 aliphatic carbocycles. The van der Waals surface area contributed by atoms with Crippen molar-refractivity contribution in [1.29, 1.82) is 0 Å². The maximum atomic E-state index is 12.4. The Hall–Kier alpha value is -0.640. The Bertz CT molecular complexity index is 325. The van der Waals surface area contributed by atoms with Crippen LogP contribution in [0.4, 0.5) is 0 Å². The van der Waals surface area contributed by atoms with Crippen molar-refractivity contribution < 1.29 is 23.5 Å². The van der Waals surface area contributed by atoms with Crippen LogP contribution in [0.5, 0.6) is 0 Å². The Balaban J connectivity index is 5.47. The molecule has 17 heavy (non-hydrogen) atoms. The molecule has 0 fully saturated rings. The predicted octanol–water partition coefficient (Wildman–Crippen LogP) is 3.41. The summed E-state index contributed by atoms with van der Waals surface area (Å²) in [5, 5.41) is 8.95. The van der Waals surface area contributed by atoms with Crippen molar-refractivity contribution >= 4 is 13.6 Å². The normalized spacial score (nSPS) is 13.4. The lowest BCUT2D eigenvalue weighted by Gasteiger charge is -2.19. The lowest BCUT2D eigenvalue weighted by atomic mass is 10.2. The van der Waals surface area contributed by atoms with E-state index in [9.17, 15) is 9.36 Å². The summed E-state index contributed by atoms with van der Waals surface area (Å²) in [6.45, 7) is 7.18. The number of allylic oxidation sites excluding steroid dienone is 1. The van der Waals surface area contributed by atoms with Gasteiger partial charge >= 0.3 is 13.6 Å². The molecule has 0 unspecified atom stereocenters. The average Bonchev–Trinajstić information content (AvgIpc) is 2.17. The largest absolute Gasteiger partial charge is 0.477 e. The van der Waals surface area contributed by atoms with Gasteiger partial charge < -0.3 is 14.2 Å². The van der Waals surface area contributed by atoms with E-state index in [1.54, 1.807) is 20.8 Å². The van der Waals surface area contributed by atoms with Crippen molar-refractivity contribution in [3.8, 4) is 0 Å². The Morgan fingerprint density at radius 2 is 1.65 bits per heavy atom. The second-order valence-corrected chi connectivity index (χ2v) is 5.48. The first-order valence-corrected chi connectivity index (χ1v) is 7.29. The van der Waals surface area contributed by atoms with E-state index < -0.39 is 13.6 Å². The minimum absolute atomic E-state index is 0.146. The molecular formula is C11H21O5P. The molecule has 0 saturated carbocycles. The molecule has 0 radical (unpaired) electrons. The van der Waals surface area contributed by atoms with Gasteiger partial charge in [-0.15, -0.1) is 0 Å². The monoisotopic (exact) mass is 264 g/mol. The van der Waals surface area contributed by atoms with Crippen LogP contribution in [0.1, 0.15) is 40.5 Å². The first kappa shape index (κ1) is 16.4. The third-order valence-corrected chi connectivity index (χ3v) is 4.42.